The molecule has 81 heavy (non-hydrogen) atoms. The minimum atomic E-state index is -2.57. The molecule has 21 heteroatoms. The number of allylic oxidation sites excluding steroid dienone is 2. The molecule has 7 rings (SSSR count). The van der Waals surface area contributed by atoms with Crippen LogP contribution in [0.1, 0.15) is 190 Å². The van der Waals surface area contributed by atoms with Gasteiger partial charge in [-0.05, 0) is 118 Å². The third-order valence-corrected chi connectivity index (χ3v) is 21.0. The van der Waals surface area contributed by atoms with Gasteiger partial charge >= 0.3 is 11.9 Å². The fourth-order valence-corrected chi connectivity index (χ4v) is 15.6. The molecule has 21 atom stereocenters. The van der Waals surface area contributed by atoms with E-state index in [1.807, 2.05) is 6.92 Å². The number of amides is 1. The number of hydrogen-bond donors (Lipinski definition) is 11. The van der Waals surface area contributed by atoms with Gasteiger partial charge in [0.2, 0.25) is 12.2 Å². The van der Waals surface area contributed by atoms with E-state index in [-0.39, 0.29) is 53.8 Å². The number of carboxylic acid groups (broad SMARTS) is 1. The molecule has 3 aliphatic heterocycles. The normalized spacial score (nSPS) is 43.7. The van der Waals surface area contributed by atoms with Crippen LogP contribution in [0.5, 0.6) is 0 Å². The number of unbranched alkanes of at least 4 members (excludes halogenated alkanes) is 7. The van der Waals surface area contributed by atoms with E-state index in [9.17, 15) is 60.3 Å². The van der Waals surface area contributed by atoms with Crippen LogP contribution in [0.15, 0.2) is 11.6 Å². The van der Waals surface area contributed by atoms with E-state index in [2.05, 4.69) is 46.0 Å². The van der Waals surface area contributed by atoms with E-state index in [4.69, 9.17) is 33.5 Å². The van der Waals surface area contributed by atoms with Crippen LogP contribution in [0.3, 0.4) is 0 Å². The first-order valence-electron chi connectivity index (χ1n) is 30.4. The molecular formula is C60H99NO20. The van der Waals surface area contributed by atoms with Gasteiger partial charge in [0.25, 0.3) is 0 Å². The predicted molar refractivity (Wildman–Crippen MR) is 291 cm³/mol. The number of carbonyl (C=O) groups is 4. The predicted octanol–water partition coefficient (Wildman–Crippen LogP) is 4.20. The van der Waals surface area contributed by atoms with Crippen LogP contribution in [0, 0.1) is 44.8 Å². The zero-order chi connectivity index (χ0) is 59.5. The molecule has 0 bridgehead atoms. The topological polar surface area (TPSA) is 338 Å². The average Bonchev–Trinajstić information content (AvgIpc) is 1.72. The summed E-state index contributed by atoms with van der Waals surface area (Å²) < 4.78 is 36.4. The van der Waals surface area contributed by atoms with Gasteiger partial charge in [-0.15, -0.1) is 0 Å². The molecule has 13 unspecified atom stereocenters. The van der Waals surface area contributed by atoms with Crippen LogP contribution >= 0.6 is 0 Å². The number of aliphatic carboxylic acids is 1. The van der Waals surface area contributed by atoms with Crippen molar-refractivity contribution in [3.05, 3.63) is 11.6 Å². The van der Waals surface area contributed by atoms with Crippen LogP contribution in [0.2, 0.25) is 0 Å². The third-order valence-electron chi connectivity index (χ3n) is 21.0. The first-order chi connectivity index (χ1) is 38.1. The highest BCUT2D eigenvalue weighted by Gasteiger charge is 2.64. The number of carbonyl (C=O) groups excluding carboxylic acids is 3. The summed E-state index contributed by atoms with van der Waals surface area (Å²) in [5.41, 5.74) is -1.99. The number of nitrogens with one attached hydrogen (secondary N) is 1. The largest absolute Gasteiger partial charge is 0.481 e. The first-order valence-corrected chi connectivity index (χ1v) is 30.4. The van der Waals surface area contributed by atoms with Crippen molar-refractivity contribution >= 4 is 24.1 Å². The number of aliphatic hydroxyl groups excluding tert-OH is 7. The number of ether oxygens (including phenoxy) is 6. The maximum atomic E-state index is 15.5. The summed E-state index contributed by atoms with van der Waals surface area (Å²) in [5, 5.41) is 112. The van der Waals surface area contributed by atoms with Crippen molar-refractivity contribution in [2.45, 2.75) is 281 Å². The minimum absolute atomic E-state index is 0.0316. The number of esters is 1. The van der Waals surface area contributed by atoms with Crippen molar-refractivity contribution in [3.63, 3.8) is 0 Å². The smallest absolute Gasteiger partial charge is 0.317 e. The summed E-state index contributed by atoms with van der Waals surface area (Å²) in [6.45, 7) is 13.2. The van der Waals surface area contributed by atoms with Gasteiger partial charge in [-0.1, -0.05) is 98.1 Å². The zero-order valence-electron chi connectivity index (χ0n) is 49.0. The third kappa shape index (κ3) is 14.1. The number of aliphatic hydroxyl groups is 9. The van der Waals surface area contributed by atoms with Gasteiger partial charge in [0.05, 0.1) is 49.4 Å². The van der Waals surface area contributed by atoms with Crippen molar-refractivity contribution in [1.29, 1.82) is 0 Å². The molecule has 464 valence electrons. The molecule has 7 aliphatic rings. The second-order valence-electron chi connectivity index (χ2n) is 26.9. The molecule has 4 saturated carbocycles. The Kier molecular flexibility index (Phi) is 21.8. The van der Waals surface area contributed by atoms with Gasteiger partial charge in [0.15, 0.2) is 24.5 Å². The Morgan fingerprint density at radius 1 is 0.741 bits per heavy atom. The number of rotatable bonds is 23. The Morgan fingerprint density at radius 3 is 2.04 bits per heavy atom. The molecule has 0 aromatic rings. The fourth-order valence-electron chi connectivity index (χ4n) is 15.6. The quantitative estimate of drug-likeness (QED) is 0.0225. The van der Waals surface area contributed by atoms with E-state index in [0.717, 1.165) is 76.1 Å². The lowest BCUT2D eigenvalue weighted by Crippen LogP contribution is -2.68. The Balaban J connectivity index is 1.13. The van der Waals surface area contributed by atoms with Gasteiger partial charge in [-0.3, -0.25) is 14.4 Å². The second-order valence-corrected chi connectivity index (χ2v) is 26.9. The Morgan fingerprint density at radius 2 is 1.41 bits per heavy atom. The number of aldehydes is 1. The summed E-state index contributed by atoms with van der Waals surface area (Å²) in [6.07, 6.45) is -3.81. The summed E-state index contributed by atoms with van der Waals surface area (Å²) in [4.78, 5) is 52.8. The SMILES string of the molecule is CCC1(C)CCC2C(C)(CC[C@H](O)C2(C)C=O)C1C/C=C1\CCC(O)[C@@]2(C(=O)O[C@@H]3OC(CO)[C@H](NC(=O)CCCCCCCCCCC(=O)O)C(O)C3O[C@@H]3OC(C)[C@H](O[C@H]4CC(O)(O)[C@H](O)CO4)C(O)C3O)CCC(C)(C)CC12. The number of fused-ring (bicyclic) bond motifs is 2. The molecule has 4 aliphatic carbocycles. The highest BCUT2D eigenvalue weighted by Crippen LogP contribution is 2.66. The number of carboxylic acids is 1. The molecule has 0 aromatic carbocycles. The van der Waals surface area contributed by atoms with Crippen molar-refractivity contribution < 1.29 is 98.7 Å². The molecule has 3 heterocycles. The van der Waals surface area contributed by atoms with Crippen LogP contribution in [-0.2, 0) is 47.6 Å². The minimum Gasteiger partial charge on any atom is -0.481 e. The molecule has 21 nitrogen and oxygen atoms in total. The number of hydrogen-bond acceptors (Lipinski definition) is 19. The average molecular weight is 1150 g/mol. The monoisotopic (exact) mass is 1150 g/mol. The van der Waals surface area contributed by atoms with E-state index in [1.165, 1.54) is 6.92 Å². The van der Waals surface area contributed by atoms with Gasteiger partial charge < -0.3 is 89.6 Å². The summed E-state index contributed by atoms with van der Waals surface area (Å²) in [5.74, 6) is -5.08. The Labute approximate surface area is 477 Å². The Hall–Kier alpha value is -2.74. The van der Waals surface area contributed by atoms with E-state index >= 15 is 4.79 Å². The zero-order valence-corrected chi connectivity index (χ0v) is 49.0. The van der Waals surface area contributed by atoms with Crippen LogP contribution in [0.4, 0.5) is 0 Å². The van der Waals surface area contributed by atoms with Crippen LogP contribution in [0.25, 0.3) is 0 Å². The molecule has 0 spiro atoms. The molecule has 0 radical (unpaired) electrons. The molecule has 11 N–H and O–H groups in total. The van der Waals surface area contributed by atoms with E-state index < -0.39 is 146 Å². The van der Waals surface area contributed by atoms with Gasteiger partial charge in [-0.25, -0.2) is 0 Å². The molecule has 0 aromatic heterocycles. The van der Waals surface area contributed by atoms with E-state index in [0.29, 0.717) is 44.9 Å². The van der Waals surface area contributed by atoms with E-state index in [1.54, 1.807) is 0 Å². The van der Waals surface area contributed by atoms with Crippen LogP contribution in [-0.4, -0.2) is 180 Å². The lowest BCUT2D eigenvalue weighted by atomic mass is 9.42. The molecule has 7 fully saturated rings. The lowest BCUT2D eigenvalue weighted by molar-refractivity contribution is -0.373. The highest BCUT2D eigenvalue weighted by atomic mass is 16.8. The van der Waals surface area contributed by atoms with Crippen molar-refractivity contribution in [2.24, 2.45) is 44.8 Å². The maximum absolute atomic E-state index is 15.5. The van der Waals surface area contributed by atoms with Crippen LogP contribution < -0.4 is 5.32 Å². The van der Waals surface area contributed by atoms with Crippen molar-refractivity contribution in [1.82, 2.24) is 5.32 Å². The molecule has 3 saturated heterocycles. The Bertz CT molecular complexity index is 2160. The highest BCUT2D eigenvalue weighted by molar-refractivity contribution is 5.80. The molecular weight excluding hydrogens is 1050 g/mol. The lowest BCUT2D eigenvalue weighted by Gasteiger charge is -2.63. The van der Waals surface area contributed by atoms with Gasteiger partial charge in [-0.2, -0.15) is 0 Å². The second kappa shape index (κ2) is 26.9. The van der Waals surface area contributed by atoms with Gasteiger partial charge in [0.1, 0.15) is 48.3 Å². The molecule has 1 amide bonds. The fraction of sp³-hybridized carbons (Fsp3) is 0.900. The summed E-state index contributed by atoms with van der Waals surface area (Å²) >= 11 is 0. The van der Waals surface area contributed by atoms with Gasteiger partial charge in [0, 0.05) is 12.8 Å². The maximum Gasteiger partial charge on any atom is 0.317 e. The van der Waals surface area contributed by atoms with Crippen molar-refractivity contribution in [3.8, 4) is 0 Å². The summed E-state index contributed by atoms with van der Waals surface area (Å²) in [7, 11) is 0. The standard InChI is InChI=1S/C60H99NO20/c1-8-56(5)25-23-39-57(6,26-24-40(64)58(39,7)33-63)38(56)21-19-35-20-22-41(65)59(28-27-55(3,4)29-36(35)59)54(73)81-53-51(80-52-49(72)48(71)50(34(2)77-52)79-45-30-60(74,75)42(66)32-76-45)47(70)46(37(31-62)78-53)61-43(67)17-15-13-11-9-10-12-14-16-18-44(68)69/h19,33-34,36-42,45-53,62,64-66,70-72,74-75H,8-18,20-32H2,1-7H3,(H,61,67)(H,68,69)/b35-19+/t34?,36?,37?,38?,39?,40-,41?,42+,45-,46-,47?,48?,49?,50-,51?,52-,53-,56?,57?,58?,59+/m0/s1. The van der Waals surface area contributed by atoms with Crippen molar-refractivity contribution in [2.75, 3.05) is 13.2 Å². The first kappa shape index (κ1) is 65.8. The summed E-state index contributed by atoms with van der Waals surface area (Å²) in [6, 6.07) is -1.36.